The number of hydrogen-bond acceptors (Lipinski definition) is 1. The third kappa shape index (κ3) is 4.47. The van der Waals surface area contributed by atoms with Gasteiger partial charge in [-0.15, -0.1) is 0 Å². The quantitative estimate of drug-likeness (QED) is 0.256. The number of benzene rings is 4. The third-order valence-electron chi connectivity index (χ3n) is 6.54. The van der Waals surface area contributed by atoms with Crippen LogP contribution < -0.4 is 15.9 Å². The Hall–Kier alpha value is -2.91. The van der Waals surface area contributed by atoms with Gasteiger partial charge in [0.25, 0.3) is 0 Å². The van der Waals surface area contributed by atoms with Crippen molar-refractivity contribution in [1.82, 2.24) is 0 Å². The minimum absolute atomic E-state index is 0.0566. The van der Waals surface area contributed by atoms with Gasteiger partial charge in [-0.1, -0.05) is 0 Å². The van der Waals surface area contributed by atoms with Crippen molar-refractivity contribution in [3.63, 3.8) is 0 Å². The topological polar surface area (TPSA) is 23.8 Å². The summed E-state index contributed by atoms with van der Waals surface area (Å²) < 4.78 is 0. The molecule has 0 radical (unpaired) electrons. The Morgan fingerprint density at radius 3 is 1.42 bits per heavy atom. The summed E-state index contributed by atoms with van der Waals surface area (Å²) in [5.41, 5.74) is 2.40. The van der Waals surface area contributed by atoms with Crippen LogP contribution in [0.3, 0.4) is 0 Å². The van der Waals surface area contributed by atoms with E-state index in [9.17, 15) is 5.26 Å². The average molecular weight is 470 g/mol. The van der Waals surface area contributed by atoms with Crippen molar-refractivity contribution in [3.8, 4) is 6.07 Å². The van der Waals surface area contributed by atoms with Gasteiger partial charge in [0.1, 0.15) is 0 Å². The van der Waals surface area contributed by atoms with Gasteiger partial charge in [0.15, 0.2) is 0 Å². The van der Waals surface area contributed by atoms with Crippen LogP contribution >= 0.6 is 17.2 Å². The Morgan fingerprint density at radius 2 is 1.06 bits per heavy atom. The van der Waals surface area contributed by atoms with Gasteiger partial charge in [-0.3, -0.25) is 0 Å². The zero-order chi connectivity index (χ0) is 23.2. The number of nitriles is 1. The standard InChI is InChI=1S/C30H29ClNP/c1-2-25(23-32)22-26-18-20-27(21-19-26)24-33(31,28-12-6-3-7-13-28,29-14-8-4-9-15-29)30-16-10-5-11-17-30/h3-21,25H,2,22,24H2,1H3. The molecule has 3 heteroatoms. The number of hydrogen-bond donors (Lipinski definition) is 0. The number of nitrogens with zero attached hydrogens (tertiary/aromatic N) is 1. The van der Waals surface area contributed by atoms with Gasteiger partial charge in [0.05, 0.1) is 0 Å². The summed E-state index contributed by atoms with van der Waals surface area (Å²) in [6, 6.07) is 42.8. The fraction of sp³-hybridized carbons (Fsp3) is 0.167. The molecule has 0 spiro atoms. The maximum absolute atomic E-state index is 9.34. The first-order valence-corrected chi connectivity index (χ1v) is 14.8. The first-order valence-electron chi connectivity index (χ1n) is 11.5. The molecule has 0 aliphatic heterocycles. The molecular weight excluding hydrogens is 441 g/mol. The normalized spacial score (nSPS) is 13.4. The van der Waals surface area contributed by atoms with Crippen molar-refractivity contribution in [2.75, 3.05) is 0 Å². The first kappa shape index (κ1) is 23.3. The molecule has 0 aromatic heterocycles. The van der Waals surface area contributed by atoms with Crippen LogP contribution in [0.1, 0.15) is 24.5 Å². The van der Waals surface area contributed by atoms with Crippen molar-refractivity contribution in [2.45, 2.75) is 25.9 Å². The molecule has 4 aromatic rings. The molecule has 0 saturated heterocycles. The molecular formula is C30H29ClNP. The van der Waals surface area contributed by atoms with Crippen LogP contribution in [0.25, 0.3) is 0 Å². The van der Waals surface area contributed by atoms with E-state index < -0.39 is 5.96 Å². The maximum atomic E-state index is 9.34. The van der Waals surface area contributed by atoms with Crippen molar-refractivity contribution < 1.29 is 0 Å². The van der Waals surface area contributed by atoms with E-state index in [2.05, 4.69) is 110 Å². The van der Waals surface area contributed by atoms with Crippen molar-refractivity contribution in [1.29, 1.82) is 5.26 Å². The summed E-state index contributed by atoms with van der Waals surface area (Å²) in [4.78, 5) is 0. The van der Waals surface area contributed by atoms with E-state index in [0.717, 1.165) is 19.0 Å². The molecule has 0 saturated carbocycles. The molecule has 0 heterocycles. The zero-order valence-electron chi connectivity index (χ0n) is 18.9. The summed E-state index contributed by atoms with van der Waals surface area (Å²) in [5, 5.41) is 12.9. The Labute approximate surface area is 202 Å². The van der Waals surface area contributed by atoms with Crippen LogP contribution in [-0.4, -0.2) is 0 Å². The Bertz CT molecular complexity index is 1120. The van der Waals surface area contributed by atoms with Gasteiger partial charge >= 0.3 is 203 Å². The molecule has 4 aromatic carbocycles. The van der Waals surface area contributed by atoms with Crippen LogP contribution in [0, 0.1) is 17.2 Å². The van der Waals surface area contributed by atoms with Gasteiger partial charge in [-0.25, -0.2) is 0 Å². The number of halogens is 1. The molecule has 0 aliphatic carbocycles. The predicted molar refractivity (Wildman–Crippen MR) is 144 cm³/mol. The summed E-state index contributed by atoms with van der Waals surface area (Å²) in [6.45, 7) is 2.07. The van der Waals surface area contributed by atoms with E-state index in [4.69, 9.17) is 11.2 Å². The van der Waals surface area contributed by atoms with E-state index in [-0.39, 0.29) is 5.92 Å². The molecule has 0 bridgehead atoms. The summed E-state index contributed by atoms with van der Waals surface area (Å²) in [5.74, 6) is -3.27. The Morgan fingerprint density at radius 1 is 0.667 bits per heavy atom. The van der Waals surface area contributed by atoms with Gasteiger partial charge in [0, 0.05) is 0 Å². The monoisotopic (exact) mass is 469 g/mol. The zero-order valence-corrected chi connectivity index (χ0v) is 20.6. The molecule has 1 atom stereocenters. The van der Waals surface area contributed by atoms with Crippen LogP contribution in [0.5, 0.6) is 0 Å². The summed E-state index contributed by atoms with van der Waals surface area (Å²) >= 11 is 8.16. The average Bonchev–Trinajstić information content (AvgIpc) is 2.90. The van der Waals surface area contributed by atoms with Crippen molar-refractivity contribution >= 4 is 33.1 Å². The predicted octanol–water partition coefficient (Wildman–Crippen LogP) is 6.96. The van der Waals surface area contributed by atoms with Gasteiger partial charge in [-0.2, -0.15) is 0 Å². The third-order valence-corrected chi connectivity index (χ3v) is 13.7. The molecule has 166 valence electrons. The van der Waals surface area contributed by atoms with E-state index in [1.54, 1.807) is 0 Å². The first-order chi connectivity index (χ1) is 16.1. The molecule has 4 rings (SSSR count). The van der Waals surface area contributed by atoms with Crippen molar-refractivity contribution in [2.24, 2.45) is 5.92 Å². The summed E-state index contributed by atoms with van der Waals surface area (Å²) in [7, 11) is 0. The fourth-order valence-corrected chi connectivity index (χ4v) is 10.8. The van der Waals surface area contributed by atoms with E-state index >= 15 is 0 Å². The number of rotatable bonds is 8. The molecule has 33 heavy (non-hydrogen) atoms. The minimum atomic E-state index is -3.33. The molecule has 0 fully saturated rings. The second-order valence-corrected chi connectivity index (χ2v) is 15.1. The van der Waals surface area contributed by atoms with Crippen LogP contribution in [-0.2, 0) is 12.6 Å². The van der Waals surface area contributed by atoms with Gasteiger partial charge in [-0.05, 0) is 0 Å². The molecule has 0 N–H and O–H groups in total. The van der Waals surface area contributed by atoms with E-state index in [1.807, 2.05) is 18.2 Å². The Balaban J connectivity index is 1.88. The molecule has 0 amide bonds. The van der Waals surface area contributed by atoms with E-state index in [1.165, 1.54) is 27.0 Å². The van der Waals surface area contributed by atoms with Crippen LogP contribution in [0.4, 0.5) is 0 Å². The van der Waals surface area contributed by atoms with Crippen LogP contribution in [0.2, 0.25) is 0 Å². The van der Waals surface area contributed by atoms with Crippen LogP contribution in [0.15, 0.2) is 115 Å². The van der Waals surface area contributed by atoms with Gasteiger partial charge in [0.2, 0.25) is 0 Å². The second-order valence-electron chi connectivity index (χ2n) is 8.60. The fourth-order valence-electron chi connectivity index (χ4n) is 4.63. The molecule has 0 aliphatic rings. The van der Waals surface area contributed by atoms with Crippen molar-refractivity contribution in [3.05, 3.63) is 126 Å². The van der Waals surface area contributed by atoms with E-state index in [0.29, 0.717) is 0 Å². The second kappa shape index (κ2) is 9.93. The summed E-state index contributed by atoms with van der Waals surface area (Å²) in [6.07, 6.45) is 2.38. The molecule has 1 unspecified atom stereocenters. The SMILES string of the molecule is CCC(C#N)Cc1ccc(CP(Cl)(c2ccccc2)(c2ccccc2)c2ccccc2)cc1. The molecule has 1 nitrogen and oxygen atoms in total. The Kier molecular flexibility index (Phi) is 6.99. The van der Waals surface area contributed by atoms with Gasteiger partial charge < -0.3 is 0 Å².